The molecule has 0 aliphatic heterocycles. The van der Waals surface area contributed by atoms with Gasteiger partial charge in [0, 0.05) is 11.1 Å². The second-order valence-electron chi connectivity index (χ2n) is 5.00. The first-order valence-electron chi connectivity index (χ1n) is 6.74. The number of aliphatic hydroxyl groups is 1. The Bertz CT molecular complexity index is 733. The molecule has 1 unspecified atom stereocenters. The molecule has 1 heterocycles. The molecule has 9 heteroatoms. The summed E-state index contributed by atoms with van der Waals surface area (Å²) in [5, 5.41) is 25.9. The molecule has 1 aromatic carbocycles. The van der Waals surface area contributed by atoms with E-state index in [0.717, 1.165) is 0 Å². The third-order valence-electron chi connectivity index (χ3n) is 3.23. The summed E-state index contributed by atoms with van der Waals surface area (Å²) in [4.78, 5) is 10.5. The molecular weight excluding hydrogens is 345 g/mol. The Morgan fingerprint density at radius 1 is 1.43 bits per heavy atom. The predicted octanol–water partition coefficient (Wildman–Crippen LogP) is 3.15. The Labute approximate surface area is 142 Å². The van der Waals surface area contributed by atoms with Gasteiger partial charge < -0.3 is 9.84 Å². The van der Waals surface area contributed by atoms with E-state index in [1.165, 1.54) is 4.68 Å². The number of hydrogen-bond acceptors (Lipinski definition) is 5. The van der Waals surface area contributed by atoms with Crippen LogP contribution in [0.5, 0.6) is 5.75 Å². The van der Waals surface area contributed by atoms with E-state index in [4.69, 9.17) is 27.9 Å². The van der Waals surface area contributed by atoms with E-state index in [1.807, 2.05) is 0 Å². The van der Waals surface area contributed by atoms with E-state index in [-0.39, 0.29) is 18.8 Å². The fourth-order valence-electron chi connectivity index (χ4n) is 2.16. The Balaban J connectivity index is 2.03. The van der Waals surface area contributed by atoms with Gasteiger partial charge in [-0.05, 0) is 26.0 Å². The number of benzene rings is 1. The average Bonchev–Trinajstić information content (AvgIpc) is 2.74. The molecule has 0 saturated heterocycles. The van der Waals surface area contributed by atoms with Crippen LogP contribution in [0.4, 0.5) is 5.69 Å². The monoisotopic (exact) mass is 359 g/mol. The highest BCUT2D eigenvalue weighted by Gasteiger charge is 2.23. The summed E-state index contributed by atoms with van der Waals surface area (Å²) in [6.07, 6.45) is -0.914. The lowest BCUT2D eigenvalue weighted by molar-refractivity contribution is -0.386. The van der Waals surface area contributed by atoms with Crippen LogP contribution in [0.15, 0.2) is 18.2 Å². The SMILES string of the molecule is Cc1nn(CC(O)COc2cc(Cl)ccc2Cl)c(C)c1[N+](=O)[O-]. The molecule has 0 saturated carbocycles. The van der Waals surface area contributed by atoms with Gasteiger partial charge in [0.15, 0.2) is 0 Å². The van der Waals surface area contributed by atoms with Crippen molar-refractivity contribution in [2.24, 2.45) is 0 Å². The zero-order valence-electron chi connectivity index (χ0n) is 12.5. The summed E-state index contributed by atoms with van der Waals surface area (Å²) < 4.78 is 6.82. The van der Waals surface area contributed by atoms with Gasteiger partial charge >= 0.3 is 5.69 Å². The van der Waals surface area contributed by atoms with Crippen LogP contribution in [0.1, 0.15) is 11.4 Å². The topological polar surface area (TPSA) is 90.4 Å². The summed E-state index contributed by atoms with van der Waals surface area (Å²) in [5.41, 5.74) is 0.641. The second-order valence-corrected chi connectivity index (χ2v) is 5.84. The Kier molecular flexibility index (Phi) is 5.46. The first kappa shape index (κ1) is 17.5. The number of rotatable bonds is 6. The summed E-state index contributed by atoms with van der Waals surface area (Å²) in [6, 6.07) is 4.77. The highest BCUT2D eigenvalue weighted by molar-refractivity contribution is 6.34. The Hall–Kier alpha value is -1.83. The van der Waals surface area contributed by atoms with E-state index in [1.54, 1.807) is 32.0 Å². The molecule has 0 amide bonds. The van der Waals surface area contributed by atoms with Gasteiger partial charge in [-0.25, -0.2) is 0 Å². The fourth-order valence-corrected chi connectivity index (χ4v) is 2.49. The van der Waals surface area contributed by atoms with Crippen LogP contribution in [0, 0.1) is 24.0 Å². The predicted molar refractivity (Wildman–Crippen MR) is 86.3 cm³/mol. The minimum absolute atomic E-state index is 0.0454. The van der Waals surface area contributed by atoms with Crippen LogP contribution >= 0.6 is 23.2 Å². The van der Waals surface area contributed by atoms with Crippen LogP contribution in [0.3, 0.4) is 0 Å². The zero-order valence-corrected chi connectivity index (χ0v) is 14.0. The molecule has 2 rings (SSSR count). The molecule has 1 aromatic heterocycles. The largest absolute Gasteiger partial charge is 0.489 e. The number of hydrogen-bond donors (Lipinski definition) is 1. The summed E-state index contributed by atoms with van der Waals surface area (Å²) in [6.45, 7) is 3.15. The van der Waals surface area contributed by atoms with Crippen molar-refractivity contribution < 1.29 is 14.8 Å². The van der Waals surface area contributed by atoms with E-state index >= 15 is 0 Å². The standard InChI is InChI=1S/C14H15Cl2N3O4/c1-8-14(19(21)22)9(2)18(17-8)6-11(20)7-23-13-5-10(15)3-4-12(13)16/h3-5,11,20H,6-7H2,1-2H3. The fraction of sp³-hybridized carbons (Fsp3) is 0.357. The summed E-state index contributed by atoms with van der Waals surface area (Å²) in [7, 11) is 0. The van der Waals surface area contributed by atoms with Crippen molar-refractivity contribution in [1.82, 2.24) is 9.78 Å². The van der Waals surface area contributed by atoms with Crippen LogP contribution in [0.2, 0.25) is 10.0 Å². The van der Waals surface area contributed by atoms with Crippen molar-refractivity contribution in [2.45, 2.75) is 26.5 Å². The number of aromatic nitrogens is 2. The van der Waals surface area contributed by atoms with Crippen molar-refractivity contribution in [1.29, 1.82) is 0 Å². The molecule has 1 atom stereocenters. The molecule has 0 bridgehead atoms. The van der Waals surface area contributed by atoms with Crippen LogP contribution in [-0.4, -0.2) is 32.5 Å². The van der Waals surface area contributed by atoms with Gasteiger partial charge in [0.05, 0.1) is 16.5 Å². The molecule has 124 valence electrons. The average molecular weight is 360 g/mol. The maximum absolute atomic E-state index is 11.0. The van der Waals surface area contributed by atoms with Crippen molar-refractivity contribution >= 4 is 28.9 Å². The smallest absolute Gasteiger partial charge is 0.312 e. The van der Waals surface area contributed by atoms with Gasteiger partial charge in [0.1, 0.15) is 29.8 Å². The third-order valence-corrected chi connectivity index (χ3v) is 3.78. The molecule has 0 aliphatic rings. The second kappa shape index (κ2) is 7.16. The first-order valence-corrected chi connectivity index (χ1v) is 7.49. The number of halogens is 2. The minimum Gasteiger partial charge on any atom is -0.489 e. The van der Waals surface area contributed by atoms with E-state index in [9.17, 15) is 15.2 Å². The van der Waals surface area contributed by atoms with Gasteiger partial charge in [-0.15, -0.1) is 0 Å². The molecular formula is C14H15Cl2N3O4. The van der Waals surface area contributed by atoms with E-state index < -0.39 is 11.0 Å². The van der Waals surface area contributed by atoms with Crippen molar-refractivity contribution in [2.75, 3.05) is 6.61 Å². The quantitative estimate of drug-likeness (QED) is 0.631. The third kappa shape index (κ3) is 4.13. The highest BCUT2D eigenvalue weighted by atomic mass is 35.5. The van der Waals surface area contributed by atoms with Gasteiger partial charge in [0.25, 0.3) is 0 Å². The van der Waals surface area contributed by atoms with E-state index in [0.29, 0.717) is 27.2 Å². The number of aliphatic hydroxyl groups excluding tert-OH is 1. The Morgan fingerprint density at radius 2 is 2.13 bits per heavy atom. The van der Waals surface area contributed by atoms with Crippen LogP contribution in [0.25, 0.3) is 0 Å². The van der Waals surface area contributed by atoms with Gasteiger partial charge in [0.2, 0.25) is 0 Å². The first-order chi connectivity index (χ1) is 10.8. The van der Waals surface area contributed by atoms with Gasteiger partial charge in [-0.3, -0.25) is 14.8 Å². The molecule has 0 fully saturated rings. The van der Waals surface area contributed by atoms with Crippen molar-refractivity contribution in [3.63, 3.8) is 0 Å². The summed E-state index contributed by atoms with van der Waals surface area (Å²) in [5.74, 6) is 0.359. The lowest BCUT2D eigenvalue weighted by atomic mass is 10.3. The summed E-state index contributed by atoms with van der Waals surface area (Å²) >= 11 is 11.8. The molecule has 7 nitrogen and oxygen atoms in total. The maximum Gasteiger partial charge on any atom is 0.312 e. The van der Waals surface area contributed by atoms with Crippen molar-refractivity contribution in [3.05, 3.63) is 49.7 Å². The Morgan fingerprint density at radius 3 is 2.74 bits per heavy atom. The van der Waals surface area contributed by atoms with Crippen molar-refractivity contribution in [3.8, 4) is 5.75 Å². The minimum atomic E-state index is -0.914. The number of ether oxygens (including phenoxy) is 1. The highest BCUT2D eigenvalue weighted by Crippen LogP contribution is 2.28. The zero-order chi connectivity index (χ0) is 17.1. The lowest BCUT2D eigenvalue weighted by Gasteiger charge is -2.14. The maximum atomic E-state index is 11.0. The van der Waals surface area contributed by atoms with Crippen LogP contribution < -0.4 is 4.74 Å². The normalized spacial score (nSPS) is 12.2. The molecule has 0 radical (unpaired) electrons. The number of nitro groups is 1. The van der Waals surface area contributed by atoms with Gasteiger partial charge in [-0.1, -0.05) is 23.2 Å². The van der Waals surface area contributed by atoms with Gasteiger partial charge in [-0.2, -0.15) is 5.10 Å². The number of aryl methyl sites for hydroxylation is 1. The van der Waals surface area contributed by atoms with E-state index in [2.05, 4.69) is 5.10 Å². The molecule has 0 aliphatic carbocycles. The molecule has 2 aromatic rings. The molecule has 1 N–H and O–H groups in total. The lowest BCUT2D eigenvalue weighted by Crippen LogP contribution is -2.25. The molecule has 23 heavy (non-hydrogen) atoms. The number of nitrogens with zero attached hydrogens (tertiary/aromatic N) is 3. The van der Waals surface area contributed by atoms with Crippen LogP contribution in [-0.2, 0) is 6.54 Å². The molecule has 0 spiro atoms.